The molecule has 0 aromatic carbocycles. The van der Waals surface area contributed by atoms with Crippen LogP contribution in [0.5, 0.6) is 0 Å². The van der Waals surface area contributed by atoms with Crippen LogP contribution < -0.4 is 5.32 Å². The third-order valence-electron chi connectivity index (χ3n) is 6.25. The second-order valence-corrected chi connectivity index (χ2v) is 7.84. The Morgan fingerprint density at radius 3 is 2.52 bits per heavy atom. The number of hydrogen-bond donors (Lipinski definition) is 2. The van der Waals surface area contributed by atoms with Crippen LogP contribution in [0.1, 0.15) is 58.3 Å². The molecule has 2 saturated carbocycles. The van der Waals surface area contributed by atoms with Gasteiger partial charge in [-0.2, -0.15) is 0 Å². The van der Waals surface area contributed by atoms with Crippen LogP contribution in [-0.2, 0) is 0 Å². The SMILES string of the molecule is CCCNC(CO)(CN1CCC2CCCCC2C1)C1CC1. The van der Waals surface area contributed by atoms with E-state index in [0.717, 1.165) is 31.3 Å². The van der Waals surface area contributed by atoms with Crippen LogP contribution in [0, 0.1) is 17.8 Å². The molecule has 2 aliphatic carbocycles. The largest absolute Gasteiger partial charge is 0.394 e. The van der Waals surface area contributed by atoms with Crippen molar-refractivity contribution in [2.75, 3.05) is 32.8 Å². The zero-order chi connectivity index (χ0) is 14.7. The molecule has 3 aliphatic rings. The van der Waals surface area contributed by atoms with E-state index in [1.807, 2.05) is 0 Å². The van der Waals surface area contributed by atoms with Gasteiger partial charge in [0, 0.05) is 13.1 Å². The molecule has 21 heavy (non-hydrogen) atoms. The van der Waals surface area contributed by atoms with Crippen LogP contribution in [0.2, 0.25) is 0 Å². The van der Waals surface area contributed by atoms with Crippen molar-refractivity contribution in [1.82, 2.24) is 10.2 Å². The molecule has 122 valence electrons. The molecule has 0 aromatic heterocycles. The van der Waals surface area contributed by atoms with Gasteiger partial charge in [0.25, 0.3) is 0 Å². The van der Waals surface area contributed by atoms with Crippen molar-refractivity contribution in [2.24, 2.45) is 17.8 Å². The van der Waals surface area contributed by atoms with Crippen LogP contribution in [0.25, 0.3) is 0 Å². The first-order chi connectivity index (χ1) is 10.3. The van der Waals surface area contributed by atoms with Gasteiger partial charge in [-0.15, -0.1) is 0 Å². The fraction of sp³-hybridized carbons (Fsp3) is 1.00. The van der Waals surface area contributed by atoms with Gasteiger partial charge in [0.15, 0.2) is 0 Å². The van der Waals surface area contributed by atoms with E-state index in [9.17, 15) is 5.11 Å². The van der Waals surface area contributed by atoms with E-state index in [2.05, 4.69) is 17.1 Å². The highest BCUT2D eigenvalue weighted by molar-refractivity contribution is 5.03. The molecule has 3 unspecified atom stereocenters. The first kappa shape index (κ1) is 15.8. The Kier molecular flexibility index (Phi) is 5.23. The molecule has 0 aromatic rings. The average molecular weight is 294 g/mol. The highest BCUT2D eigenvalue weighted by Gasteiger charge is 2.46. The molecule has 0 spiro atoms. The Hall–Kier alpha value is -0.120. The van der Waals surface area contributed by atoms with Gasteiger partial charge in [-0.25, -0.2) is 0 Å². The van der Waals surface area contributed by atoms with Crippen molar-refractivity contribution >= 4 is 0 Å². The number of nitrogens with one attached hydrogen (secondary N) is 1. The van der Waals surface area contributed by atoms with Crippen molar-refractivity contribution in [3.63, 3.8) is 0 Å². The predicted molar refractivity (Wildman–Crippen MR) is 87.3 cm³/mol. The summed E-state index contributed by atoms with van der Waals surface area (Å²) >= 11 is 0. The first-order valence-electron chi connectivity index (χ1n) is 9.35. The fourth-order valence-electron chi connectivity index (χ4n) is 4.79. The molecular formula is C18H34N2O. The normalized spacial score (nSPS) is 33.4. The van der Waals surface area contributed by atoms with E-state index in [1.165, 1.54) is 58.0 Å². The van der Waals surface area contributed by atoms with E-state index in [0.29, 0.717) is 12.5 Å². The monoisotopic (exact) mass is 294 g/mol. The lowest BCUT2D eigenvalue weighted by Gasteiger charge is -2.45. The molecule has 3 heteroatoms. The maximum absolute atomic E-state index is 10.1. The van der Waals surface area contributed by atoms with Crippen LogP contribution in [0.3, 0.4) is 0 Å². The maximum atomic E-state index is 10.1. The van der Waals surface area contributed by atoms with Gasteiger partial charge in [0.2, 0.25) is 0 Å². The van der Waals surface area contributed by atoms with Crippen molar-refractivity contribution in [3.05, 3.63) is 0 Å². The number of fused-ring (bicyclic) bond motifs is 1. The Labute approximate surface area is 130 Å². The highest BCUT2D eigenvalue weighted by atomic mass is 16.3. The summed E-state index contributed by atoms with van der Waals surface area (Å²) in [4.78, 5) is 2.67. The standard InChI is InChI=1S/C18H34N2O/c1-2-10-19-18(14-21,17-7-8-17)13-20-11-9-15-5-3-4-6-16(15)12-20/h15-17,19,21H,2-14H2,1H3. The molecule has 0 bridgehead atoms. The number of likely N-dealkylation sites (tertiary alicyclic amines) is 1. The van der Waals surface area contributed by atoms with Gasteiger partial charge >= 0.3 is 0 Å². The van der Waals surface area contributed by atoms with Crippen molar-refractivity contribution in [2.45, 2.75) is 63.8 Å². The molecule has 3 nitrogen and oxygen atoms in total. The smallest absolute Gasteiger partial charge is 0.0628 e. The van der Waals surface area contributed by atoms with Crippen molar-refractivity contribution in [3.8, 4) is 0 Å². The Balaban J connectivity index is 1.59. The lowest BCUT2D eigenvalue weighted by atomic mass is 9.75. The molecule has 3 rings (SSSR count). The number of rotatable bonds is 7. The third-order valence-corrected chi connectivity index (χ3v) is 6.25. The summed E-state index contributed by atoms with van der Waals surface area (Å²) in [6.45, 7) is 7.17. The minimum atomic E-state index is -0.0164. The van der Waals surface area contributed by atoms with E-state index in [4.69, 9.17) is 0 Å². The van der Waals surface area contributed by atoms with E-state index >= 15 is 0 Å². The summed E-state index contributed by atoms with van der Waals surface area (Å²) in [6, 6.07) is 0. The Morgan fingerprint density at radius 2 is 1.86 bits per heavy atom. The average Bonchev–Trinajstić information content (AvgIpc) is 3.36. The number of hydrogen-bond acceptors (Lipinski definition) is 3. The predicted octanol–water partition coefficient (Wildman–Crippen LogP) is 2.64. The van der Waals surface area contributed by atoms with E-state index < -0.39 is 0 Å². The molecule has 3 fully saturated rings. The number of aliphatic hydroxyl groups is 1. The Morgan fingerprint density at radius 1 is 1.10 bits per heavy atom. The summed E-state index contributed by atoms with van der Waals surface area (Å²) in [5, 5.41) is 13.8. The molecular weight excluding hydrogens is 260 g/mol. The number of nitrogens with zero attached hydrogens (tertiary/aromatic N) is 1. The van der Waals surface area contributed by atoms with Crippen molar-refractivity contribution < 1.29 is 5.11 Å². The van der Waals surface area contributed by atoms with Gasteiger partial charge in [-0.1, -0.05) is 26.2 Å². The summed E-state index contributed by atoms with van der Waals surface area (Å²) in [5.41, 5.74) is -0.0164. The first-order valence-corrected chi connectivity index (χ1v) is 9.35. The highest BCUT2D eigenvalue weighted by Crippen LogP contribution is 2.42. The molecule has 3 atom stereocenters. The maximum Gasteiger partial charge on any atom is 0.0628 e. The van der Waals surface area contributed by atoms with Gasteiger partial charge < -0.3 is 15.3 Å². The molecule has 2 N–H and O–H groups in total. The van der Waals surface area contributed by atoms with Crippen molar-refractivity contribution in [1.29, 1.82) is 0 Å². The summed E-state index contributed by atoms with van der Waals surface area (Å²) in [5.74, 6) is 2.65. The van der Waals surface area contributed by atoms with Gasteiger partial charge in [-0.05, 0) is 62.9 Å². The minimum absolute atomic E-state index is 0.0164. The van der Waals surface area contributed by atoms with Gasteiger partial charge in [-0.3, -0.25) is 0 Å². The van der Waals surface area contributed by atoms with E-state index in [1.54, 1.807) is 0 Å². The lowest BCUT2D eigenvalue weighted by molar-refractivity contribution is 0.0375. The topological polar surface area (TPSA) is 35.5 Å². The molecule has 1 heterocycles. The molecule has 0 radical (unpaired) electrons. The number of piperidine rings is 1. The van der Waals surface area contributed by atoms with Crippen LogP contribution in [0.4, 0.5) is 0 Å². The quantitative estimate of drug-likeness (QED) is 0.758. The van der Waals surface area contributed by atoms with Gasteiger partial charge in [0.05, 0.1) is 12.1 Å². The van der Waals surface area contributed by atoms with Crippen LogP contribution >= 0.6 is 0 Å². The van der Waals surface area contributed by atoms with Crippen LogP contribution in [0.15, 0.2) is 0 Å². The van der Waals surface area contributed by atoms with Gasteiger partial charge in [0.1, 0.15) is 0 Å². The zero-order valence-corrected chi connectivity index (χ0v) is 13.8. The summed E-state index contributed by atoms with van der Waals surface area (Å²) in [6.07, 6.45) is 11.0. The minimum Gasteiger partial charge on any atom is -0.394 e. The second kappa shape index (κ2) is 6.97. The third kappa shape index (κ3) is 3.62. The summed E-state index contributed by atoms with van der Waals surface area (Å²) in [7, 11) is 0. The second-order valence-electron chi connectivity index (χ2n) is 7.84. The van der Waals surface area contributed by atoms with E-state index in [-0.39, 0.29) is 5.54 Å². The number of aliphatic hydroxyl groups excluding tert-OH is 1. The fourth-order valence-corrected chi connectivity index (χ4v) is 4.79. The molecule has 1 aliphatic heterocycles. The zero-order valence-electron chi connectivity index (χ0n) is 13.8. The summed E-state index contributed by atoms with van der Waals surface area (Å²) < 4.78 is 0. The molecule has 1 saturated heterocycles. The molecule has 0 amide bonds. The van der Waals surface area contributed by atoms with Crippen LogP contribution in [-0.4, -0.2) is 48.3 Å². The lowest BCUT2D eigenvalue weighted by Crippen LogP contribution is -2.60. The Bertz CT molecular complexity index is 331.